The second-order valence-corrected chi connectivity index (χ2v) is 4.65. The normalized spacial score (nSPS) is 10.5. The minimum atomic E-state index is -0.522. The molecule has 0 fully saturated rings. The fourth-order valence-electron chi connectivity index (χ4n) is 2.23. The van der Waals surface area contributed by atoms with E-state index in [4.69, 9.17) is 0 Å². The summed E-state index contributed by atoms with van der Waals surface area (Å²) in [6.45, 7) is 0.307. The van der Waals surface area contributed by atoms with Gasteiger partial charge in [-0.2, -0.15) is 0 Å². The van der Waals surface area contributed by atoms with Gasteiger partial charge < -0.3 is 5.32 Å². The van der Waals surface area contributed by atoms with Crippen molar-refractivity contribution in [1.82, 2.24) is 10.3 Å². The number of nitrogens with one attached hydrogen (secondary N) is 1. The number of amides is 1. The van der Waals surface area contributed by atoms with Crippen LogP contribution in [0.25, 0.3) is 10.9 Å². The molecule has 0 atom stereocenters. The van der Waals surface area contributed by atoms with Crippen LogP contribution in [-0.4, -0.2) is 10.9 Å². The number of carbonyl (C=O) groups excluding carboxylic acids is 1. The summed E-state index contributed by atoms with van der Waals surface area (Å²) >= 11 is 0. The van der Waals surface area contributed by atoms with Crippen LogP contribution in [-0.2, 0) is 6.54 Å². The molecule has 1 heterocycles. The molecule has 0 aliphatic rings. The van der Waals surface area contributed by atoms with Gasteiger partial charge in [0.25, 0.3) is 5.91 Å². The number of benzene rings is 2. The number of pyridine rings is 1. The van der Waals surface area contributed by atoms with Gasteiger partial charge in [0, 0.05) is 18.1 Å². The number of carbonyl (C=O) groups is 1. The molecule has 1 N–H and O–H groups in total. The lowest BCUT2D eigenvalue weighted by molar-refractivity contribution is 0.0947. The molecule has 0 spiro atoms. The maximum atomic E-state index is 13.5. The van der Waals surface area contributed by atoms with Crippen LogP contribution in [0.2, 0.25) is 0 Å². The number of fused-ring (bicyclic) bond motifs is 1. The molecular weight excluding hydrogens is 267 g/mol. The second kappa shape index (κ2) is 5.71. The molecule has 1 amide bonds. The Bertz CT molecular complexity index is 796. The van der Waals surface area contributed by atoms with Crippen molar-refractivity contribution in [3.63, 3.8) is 0 Å². The predicted octanol–water partition coefficient (Wildman–Crippen LogP) is 3.30. The highest BCUT2D eigenvalue weighted by atomic mass is 19.1. The maximum Gasteiger partial charge on any atom is 0.254 e. The monoisotopic (exact) mass is 280 g/mol. The van der Waals surface area contributed by atoms with Gasteiger partial charge in [0.1, 0.15) is 5.82 Å². The molecule has 4 heteroatoms. The zero-order chi connectivity index (χ0) is 14.7. The van der Waals surface area contributed by atoms with E-state index in [-0.39, 0.29) is 5.56 Å². The number of hydrogen-bond donors (Lipinski definition) is 1. The Hall–Kier alpha value is -2.75. The Labute approximate surface area is 121 Å². The quantitative estimate of drug-likeness (QED) is 0.799. The largest absolute Gasteiger partial charge is 0.348 e. The van der Waals surface area contributed by atoms with E-state index in [0.29, 0.717) is 6.54 Å². The van der Waals surface area contributed by atoms with Crippen LogP contribution in [0.4, 0.5) is 4.39 Å². The molecule has 0 aliphatic carbocycles. The Morgan fingerprint density at radius 1 is 1.05 bits per heavy atom. The second-order valence-electron chi connectivity index (χ2n) is 4.65. The van der Waals surface area contributed by atoms with E-state index in [1.807, 2.05) is 30.3 Å². The fraction of sp³-hybridized carbons (Fsp3) is 0.0588. The van der Waals surface area contributed by atoms with Crippen molar-refractivity contribution < 1.29 is 9.18 Å². The highest BCUT2D eigenvalue weighted by Crippen LogP contribution is 2.16. The minimum absolute atomic E-state index is 0.0469. The van der Waals surface area contributed by atoms with Gasteiger partial charge in [0.2, 0.25) is 0 Å². The molecule has 2 aromatic carbocycles. The summed E-state index contributed by atoms with van der Waals surface area (Å²) in [4.78, 5) is 16.3. The highest BCUT2D eigenvalue weighted by molar-refractivity contribution is 5.94. The van der Waals surface area contributed by atoms with Gasteiger partial charge in [-0.05, 0) is 23.8 Å². The predicted molar refractivity (Wildman–Crippen MR) is 79.3 cm³/mol. The fourth-order valence-corrected chi connectivity index (χ4v) is 2.23. The number of aromatic nitrogens is 1. The van der Waals surface area contributed by atoms with Gasteiger partial charge in [-0.3, -0.25) is 9.78 Å². The van der Waals surface area contributed by atoms with Crippen molar-refractivity contribution in [3.8, 4) is 0 Å². The standard InChI is InChI=1S/C17H13FN2O/c18-15-9-2-1-8-14(15)17(21)20-11-13-6-3-5-12-7-4-10-19-16(12)13/h1-10H,11H2,(H,20,21). The molecule has 0 bridgehead atoms. The van der Waals surface area contributed by atoms with Crippen molar-refractivity contribution in [2.24, 2.45) is 0 Å². The van der Waals surface area contributed by atoms with Crippen LogP contribution in [0.15, 0.2) is 60.8 Å². The average molecular weight is 280 g/mol. The smallest absolute Gasteiger partial charge is 0.254 e. The lowest BCUT2D eigenvalue weighted by Crippen LogP contribution is -2.24. The Kier molecular flexibility index (Phi) is 3.60. The Morgan fingerprint density at radius 2 is 1.86 bits per heavy atom. The van der Waals surface area contributed by atoms with Crippen molar-refractivity contribution in [1.29, 1.82) is 0 Å². The number of halogens is 1. The van der Waals surface area contributed by atoms with Crippen LogP contribution < -0.4 is 5.32 Å². The van der Waals surface area contributed by atoms with Crippen molar-refractivity contribution >= 4 is 16.8 Å². The van der Waals surface area contributed by atoms with E-state index in [2.05, 4.69) is 10.3 Å². The molecule has 0 saturated carbocycles. The van der Waals surface area contributed by atoms with E-state index < -0.39 is 11.7 Å². The molecule has 21 heavy (non-hydrogen) atoms. The number of nitrogens with zero attached hydrogens (tertiary/aromatic N) is 1. The molecule has 0 unspecified atom stereocenters. The van der Waals surface area contributed by atoms with Crippen molar-refractivity contribution in [2.75, 3.05) is 0 Å². The van der Waals surface area contributed by atoms with E-state index in [1.165, 1.54) is 12.1 Å². The first-order chi connectivity index (χ1) is 10.3. The molecule has 0 saturated heterocycles. The van der Waals surface area contributed by atoms with Gasteiger partial charge in [-0.25, -0.2) is 4.39 Å². The number of hydrogen-bond acceptors (Lipinski definition) is 2. The maximum absolute atomic E-state index is 13.5. The Balaban J connectivity index is 1.81. The SMILES string of the molecule is O=C(NCc1cccc2cccnc12)c1ccccc1F. The Morgan fingerprint density at radius 3 is 2.71 bits per heavy atom. The van der Waals surface area contributed by atoms with Gasteiger partial charge in [-0.15, -0.1) is 0 Å². The minimum Gasteiger partial charge on any atom is -0.348 e. The van der Waals surface area contributed by atoms with E-state index in [0.717, 1.165) is 16.5 Å². The molecule has 1 aromatic heterocycles. The number of rotatable bonds is 3. The van der Waals surface area contributed by atoms with Crippen molar-refractivity contribution in [2.45, 2.75) is 6.54 Å². The highest BCUT2D eigenvalue weighted by Gasteiger charge is 2.11. The third-order valence-electron chi connectivity index (χ3n) is 3.27. The zero-order valence-corrected chi connectivity index (χ0v) is 11.2. The zero-order valence-electron chi connectivity index (χ0n) is 11.2. The summed E-state index contributed by atoms with van der Waals surface area (Å²) in [7, 11) is 0. The average Bonchev–Trinajstić information content (AvgIpc) is 2.53. The molecule has 104 valence electrons. The molecule has 3 nitrogen and oxygen atoms in total. The van der Waals surface area contributed by atoms with Gasteiger partial charge in [0.05, 0.1) is 11.1 Å². The molecule has 3 rings (SSSR count). The van der Waals surface area contributed by atoms with Crippen LogP contribution >= 0.6 is 0 Å². The molecule has 0 radical (unpaired) electrons. The van der Waals surface area contributed by atoms with Crippen LogP contribution in [0, 0.1) is 5.82 Å². The molecular formula is C17H13FN2O. The van der Waals surface area contributed by atoms with Gasteiger partial charge >= 0.3 is 0 Å². The lowest BCUT2D eigenvalue weighted by atomic mass is 10.1. The number of para-hydroxylation sites is 1. The van der Waals surface area contributed by atoms with Crippen LogP contribution in [0.5, 0.6) is 0 Å². The molecule has 3 aromatic rings. The summed E-state index contributed by atoms with van der Waals surface area (Å²) in [5, 5.41) is 3.74. The summed E-state index contributed by atoms with van der Waals surface area (Å²) in [5.74, 6) is -0.952. The summed E-state index contributed by atoms with van der Waals surface area (Å²) in [6.07, 6.45) is 1.71. The first-order valence-electron chi connectivity index (χ1n) is 6.61. The van der Waals surface area contributed by atoms with Crippen LogP contribution in [0.3, 0.4) is 0 Å². The van der Waals surface area contributed by atoms with Crippen LogP contribution in [0.1, 0.15) is 15.9 Å². The first kappa shape index (κ1) is 13.2. The van der Waals surface area contributed by atoms with Gasteiger partial charge in [-0.1, -0.05) is 36.4 Å². The third kappa shape index (κ3) is 2.74. The van der Waals surface area contributed by atoms with E-state index in [1.54, 1.807) is 18.3 Å². The molecule has 0 aliphatic heterocycles. The van der Waals surface area contributed by atoms with Crippen molar-refractivity contribution in [3.05, 3.63) is 77.7 Å². The van der Waals surface area contributed by atoms with E-state index >= 15 is 0 Å². The van der Waals surface area contributed by atoms with E-state index in [9.17, 15) is 9.18 Å². The first-order valence-corrected chi connectivity index (χ1v) is 6.61. The summed E-state index contributed by atoms with van der Waals surface area (Å²) in [6, 6.07) is 15.5. The van der Waals surface area contributed by atoms with Gasteiger partial charge in [0.15, 0.2) is 0 Å². The summed E-state index contributed by atoms with van der Waals surface area (Å²) in [5.41, 5.74) is 1.79. The summed E-state index contributed by atoms with van der Waals surface area (Å²) < 4.78 is 13.5. The topological polar surface area (TPSA) is 42.0 Å². The lowest BCUT2D eigenvalue weighted by Gasteiger charge is -2.08. The third-order valence-corrected chi connectivity index (χ3v) is 3.27.